The molecular weight excluding hydrogens is 438 g/mol. The van der Waals surface area contributed by atoms with Crippen LogP contribution in [-0.2, 0) is 15.1 Å². The van der Waals surface area contributed by atoms with Gasteiger partial charge in [0.15, 0.2) is 0 Å². The average Bonchev–Trinajstić information content (AvgIpc) is 3.10. The highest BCUT2D eigenvalue weighted by molar-refractivity contribution is 6.23. The molecule has 3 aliphatic carbocycles. The van der Waals surface area contributed by atoms with Gasteiger partial charge in [-0.15, -0.1) is 0 Å². The van der Waals surface area contributed by atoms with Gasteiger partial charge in [-0.3, -0.25) is 29.8 Å². The molecule has 1 heterocycles. The van der Waals surface area contributed by atoms with Crippen LogP contribution in [0.4, 0.5) is 11.4 Å². The largest absolute Gasteiger partial charge is 0.285 e. The van der Waals surface area contributed by atoms with Gasteiger partial charge in [0.05, 0.1) is 16.5 Å². The Morgan fingerprint density at radius 3 is 2.00 bits per heavy atom. The predicted octanol–water partition coefficient (Wildman–Crippen LogP) is 3.69. The Balaban J connectivity index is 1.63. The first-order chi connectivity index (χ1) is 16.3. The molecule has 2 atom stereocenters. The van der Waals surface area contributed by atoms with Crippen LogP contribution in [0, 0.1) is 39.0 Å². The molecular formula is C25H17N3O6. The van der Waals surface area contributed by atoms with Crippen molar-refractivity contribution in [2.45, 2.75) is 18.4 Å². The number of nitro benzene ring substituents is 1. The molecule has 3 aromatic rings. The summed E-state index contributed by atoms with van der Waals surface area (Å²) in [6.45, 7) is 1.56. The van der Waals surface area contributed by atoms with Gasteiger partial charge in [0, 0.05) is 33.6 Å². The van der Waals surface area contributed by atoms with Crippen molar-refractivity contribution in [1.82, 2.24) is 0 Å². The van der Waals surface area contributed by atoms with Crippen molar-refractivity contribution < 1.29 is 19.4 Å². The van der Waals surface area contributed by atoms with Crippen LogP contribution >= 0.6 is 0 Å². The summed E-state index contributed by atoms with van der Waals surface area (Å²) in [5.41, 5.74) is 0.441. The van der Waals surface area contributed by atoms with Crippen molar-refractivity contribution in [2.75, 3.05) is 4.90 Å². The molecule has 2 bridgehead atoms. The second-order valence-electron chi connectivity index (χ2n) is 8.92. The first-order valence-electron chi connectivity index (χ1n) is 10.8. The maximum absolute atomic E-state index is 13.9. The lowest BCUT2D eigenvalue weighted by Gasteiger charge is -2.48. The molecule has 34 heavy (non-hydrogen) atoms. The summed E-state index contributed by atoms with van der Waals surface area (Å²) in [5.74, 6) is -4.05. The number of anilines is 1. The van der Waals surface area contributed by atoms with Crippen LogP contribution in [0.25, 0.3) is 0 Å². The van der Waals surface area contributed by atoms with Crippen molar-refractivity contribution in [3.05, 3.63) is 115 Å². The maximum atomic E-state index is 13.9. The summed E-state index contributed by atoms with van der Waals surface area (Å²) in [6, 6.07) is 17.9. The molecule has 7 rings (SSSR count). The molecule has 0 radical (unpaired) electrons. The van der Waals surface area contributed by atoms with E-state index in [0.29, 0.717) is 27.8 Å². The Hall–Kier alpha value is -4.40. The first kappa shape index (κ1) is 20.2. The van der Waals surface area contributed by atoms with E-state index in [1.165, 1.54) is 18.2 Å². The minimum Gasteiger partial charge on any atom is -0.274 e. The number of amides is 2. The molecule has 0 unspecified atom stereocenters. The van der Waals surface area contributed by atoms with Gasteiger partial charge in [-0.1, -0.05) is 54.6 Å². The van der Waals surface area contributed by atoms with Crippen LogP contribution in [0.1, 0.15) is 33.7 Å². The molecule has 0 aromatic heterocycles. The number of hydrogen-bond acceptors (Lipinski definition) is 6. The van der Waals surface area contributed by atoms with E-state index in [2.05, 4.69) is 0 Å². The van der Waals surface area contributed by atoms with Gasteiger partial charge in [0.1, 0.15) is 5.92 Å². The Morgan fingerprint density at radius 1 is 0.853 bits per heavy atom. The lowest BCUT2D eigenvalue weighted by atomic mass is 9.51. The molecule has 1 saturated heterocycles. The molecule has 0 spiro atoms. The molecule has 4 aliphatic rings. The second-order valence-corrected chi connectivity index (χ2v) is 8.92. The topological polar surface area (TPSA) is 124 Å². The number of carbonyl (C=O) groups is 2. The fourth-order valence-electron chi connectivity index (χ4n) is 6.23. The van der Waals surface area contributed by atoms with Crippen molar-refractivity contribution in [3.63, 3.8) is 0 Å². The number of benzene rings is 3. The highest BCUT2D eigenvalue weighted by atomic mass is 16.6. The van der Waals surface area contributed by atoms with Gasteiger partial charge >= 0.3 is 0 Å². The quantitative estimate of drug-likeness (QED) is 0.337. The zero-order chi connectivity index (χ0) is 23.9. The second kappa shape index (κ2) is 6.57. The normalized spacial score (nSPS) is 26.1. The zero-order valence-corrected chi connectivity index (χ0v) is 17.9. The SMILES string of the molecule is Cc1ccc(N2C(=O)[C@@H]3C4c5ccccc5C([N+](=O)[O-])(c5ccccc54)[C@@H]3C2=O)cc1[N+](=O)[O-]. The molecule has 2 amide bonds. The van der Waals surface area contributed by atoms with Crippen LogP contribution < -0.4 is 4.90 Å². The number of nitrogens with zero attached hydrogens (tertiary/aromatic N) is 3. The third-order valence-corrected chi connectivity index (χ3v) is 7.51. The molecule has 1 fully saturated rings. The van der Waals surface area contributed by atoms with Crippen LogP contribution in [0.2, 0.25) is 0 Å². The number of aryl methyl sites for hydroxylation is 1. The summed E-state index contributed by atoms with van der Waals surface area (Å²) >= 11 is 0. The van der Waals surface area contributed by atoms with Crippen molar-refractivity contribution >= 4 is 23.2 Å². The Morgan fingerprint density at radius 2 is 1.44 bits per heavy atom. The minimum absolute atomic E-state index is 0.0488. The van der Waals surface area contributed by atoms with Crippen LogP contribution in [0.3, 0.4) is 0 Å². The summed E-state index contributed by atoms with van der Waals surface area (Å²) in [6.07, 6.45) is 0. The van der Waals surface area contributed by atoms with Gasteiger partial charge < -0.3 is 0 Å². The molecule has 3 aromatic carbocycles. The third-order valence-electron chi connectivity index (χ3n) is 7.51. The number of hydrogen-bond donors (Lipinski definition) is 0. The zero-order valence-electron chi connectivity index (χ0n) is 17.9. The lowest BCUT2D eigenvalue weighted by Crippen LogP contribution is -2.57. The number of rotatable bonds is 3. The summed E-state index contributed by atoms with van der Waals surface area (Å²) < 4.78 is 0. The Bertz CT molecular complexity index is 1420. The highest BCUT2D eigenvalue weighted by Crippen LogP contribution is 2.64. The maximum Gasteiger partial charge on any atom is 0.285 e. The summed E-state index contributed by atoms with van der Waals surface area (Å²) in [7, 11) is 0. The lowest BCUT2D eigenvalue weighted by molar-refractivity contribution is -0.578. The summed E-state index contributed by atoms with van der Waals surface area (Å²) in [4.78, 5) is 52.0. The van der Waals surface area contributed by atoms with Crippen molar-refractivity contribution in [3.8, 4) is 0 Å². The minimum atomic E-state index is -1.93. The van der Waals surface area contributed by atoms with Gasteiger partial charge in [-0.05, 0) is 24.1 Å². The van der Waals surface area contributed by atoms with Gasteiger partial charge in [0.25, 0.3) is 11.2 Å². The Labute approximate surface area is 192 Å². The predicted molar refractivity (Wildman–Crippen MR) is 120 cm³/mol. The monoisotopic (exact) mass is 455 g/mol. The van der Waals surface area contributed by atoms with E-state index in [-0.39, 0.29) is 11.4 Å². The van der Waals surface area contributed by atoms with Crippen LogP contribution in [0.5, 0.6) is 0 Å². The van der Waals surface area contributed by atoms with Gasteiger partial charge in [-0.2, -0.15) is 0 Å². The number of carbonyl (C=O) groups excluding carboxylic acids is 2. The fourth-order valence-corrected chi connectivity index (χ4v) is 6.23. The number of nitro groups is 2. The van der Waals surface area contributed by atoms with E-state index in [4.69, 9.17) is 0 Å². The van der Waals surface area contributed by atoms with E-state index in [9.17, 15) is 29.8 Å². The van der Waals surface area contributed by atoms with Crippen LogP contribution in [-0.4, -0.2) is 21.7 Å². The first-order valence-corrected chi connectivity index (χ1v) is 10.8. The molecule has 9 nitrogen and oxygen atoms in total. The highest BCUT2D eigenvalue weighted by Gasteiger charge is 2.74. The Kier molecular flexibility index (Phi) is 3.91. The smallest absolute Gasteiger partial charge is 0.274 e. The van der Waals surface area contributed by atoms with E-state index < -0.39 is 45.0 Å². The molecule has 9 heteroatoms. The van der Waals surface area contributed by atoms with Gasteiger partial charge in [0.2, 0.25) is 11.8 Å². The molecule has 168 valence electrons. The van der Waals surface area contributed by atoms with E-state index >= 15 is 0 Å². The fraction of sp³-hybridized carbons (Fsp3) is 0.200. The van der Waals surface area contributed by atoms with E-state index in [1.54, 1.807) is 55.5 Å². The average molecular weight is 455 g/mol. The van der Waals surface area contributed by atoms with E-state index in [0.717, 1.165) is 4.90 Å². The number of imide groups is 1. The van der Waals surface area contributed by atoms with Crippen LogP contribution in [0.15, 0.2) is 66.7 Å². The molecule has 1 aliphatic heterocycles. The third kappa shape index (κ3) is 2.18. The van der Waals surface area contributed by atoms with Gasteiger partial charge in [-0.25, -0.2) is 4.90 Å². The molecule has 0 saturated carbocycles. The standard InChI is InChI=1S/C25H17N3O6/c1-13-10-11-14(12-19(13)27(31)32)26-23(29)21-20-15-6-2-4-8-17(15)25(28(33)34,22(21)24(26)30)18-9-5-3-7-16(18)20/h2-12,20-22H,1H3/t20?,21-,22+,25?/m1/s1. The van der Waals surface area contributed by atoms with Crippen molar-refractivity contribution in [2.24, 2.45) is 11.8 Å². The van der Waals surface area contributed by atoms with E-state index in [1.807, 2.05) is 0 Å². The molecule has 0 N–H and O–H groups in total. The van der Waals surface area contributed by atoms with Crippen molar-refractivity contribution in [1.29, 1.82) is 0 Å². The summed E-state index contributed by atoms with van der Waals surface area (Å²) in [5, 5.41) is 24.4.